The Kier molecular flexibility index (Phi) is 18.2. The highest BCUT2D eigenvalue weighted by atomic mass is 32.2. The number of carboxylic acids is 1. The Morgan fingerprint density at radius 1 is 0.935 bits per heavy atom. The Bertz CT molecular complexity index is 1080. The summed E-state index contributed by atoms with van der Waals surface area (Å²) < 4.78 is 0. The van der Waals surface area contributed by atoms with Crippen molar-refractivity contribution in [1.29, 1.82) is 0 Å². The molecule has 0 aromatic rings. The van der Waals surface area contributed by atoms with E-state index in [9.17, 15) is 43.8 Å². The fraction of sp³-hybridized carbons (Fsp3) is 0.759. The number of nitrogens with zero attached hydrogens (tertiary/aromatic N) is 1. The number of hydrogen-bond acceptors (Lipinski definition) is 10. The number of hydrogen-bond donors (Lipinski definition) is 8. The van der Waals surface area contributed by atoms with Crippen LogP contribution >= 0.6 is 11.8 Å². The minimum atomic E-state index is -1.27. The fourth-order valence-corrected chi connectivity index (χ4v) is 5.35. The second-order valence-corrected chi connectivity index (χ2v) is 12.7. The van der Waals surface area contributed by atoms with E-state index in [-0.39, 0.29) is 37.8 Å². The van der Waals surface area contributed by atoms with Gasteiger partial charge in [0.1, 0.15) is 30.2 Å². The maximum Gasteiger partial charge on any atom is 0.326 e. The Morgan fingerprint density at radius 2 is 1.59 bits per heavy atom. The van der Waals surface area contributed by atoms with Crippen LogP contribution in [0.2, 0.25) is 0 Å². The number of carbonyl (C=O) groups excluding carboxylic acids is 6. The number of nitrogens with one attached hydrogen (secondary N) is 5. The zero-order chi connectivity index (χ0) is 35.0. The zero-order valence-electron chi connectivity index (χ0n) is 27.3. The Balaban J connectivity index is 2.92. The molecule has 0 aliphatic carbocycles. The Labute approximate surface area is 274 Å². The summed E-state index contributed by atoms with van der Waals surface area (Å²) in [6, 6.07) is -5.43. The van der Waals surface area contributed by atoms with E-state index >= 15 is 0 Å². The summed E-state index contributed by atoms with van der Waals surface area (Å²) in [5.41, 5.74) is 5.27. The summed E-state index contributed by atoms with van der Waals surface area (Å²) in [5.74, 6) is -4.91. The van der Waals surface area contributed by atoms with E-state index in [0.29, 0.717) is 25.0 Å². The van der Waals surface area contributed by atoms with Crippen LogP contribution in [0, 0.1) is 11.8 Å². The summed E-state index contributed by atoms with van der Waals surface area (Å²) >= 11 is 1.44. The SMILES string of the molecule is CCC(C)C(NC(=O)CNC(=O)C1CCCN1C(=O)C(CO)NC(=O)CN)C(=O)NC(CC(C)C)C(=O)NC(CCSC)C(=O)O. The minimum Gasteiger partial charge on any atom is -0.480 e. The van der Waals surface area contributed by atoms with E-state index in [1.54, 1.807) is 6.92 Å². The van der Waals surface area contributed by atoms with Gasteiger partial charge in [-0.05, 0) is 49.5 Å². The summed E-state index contributed by atoms with van der Waals surface area (Å²) in [6.45, 7) is 5.91. The van der Waals surface area contributed by atoms with Crippen LogP contribution in [0.25, 0.3) is 0 Å². The van der Waals surface area contributed by atoms with Crippen molar-refractivity contribution in [3.05, 3.63) is 0 Å². The Hall–Kier alpha value is -3.44. The van der Waals surface area contributed by atoms with Crippen LogP contribution in [0.1, 0.15) is 59.8 Å². The van der Waals surface area contributed by atoms with E-state index in [1.807, 2.05) is 27.0 Å². The second-order valence-electron chi connectivity index (χ2n) is 11.7. The second kappa shape index (κ2) is 20.6. The molecule has 0 bridgehead atoms. The number of thioether (sulfide) groups is 1. The first-order valence-corrected chi connectivity index (χ1v) is 16.9. The molecule has 1 heterocycles. The molecule has 17 heteroatoms. The van der Waals surface area contributed by atoms with Crippen LogP contribution < -0.4 is 32.3 Å². The van der Waals surface area contributed by atoms with Crippen molar-refractivity contribution < 1.29 is 43.8 Å². The Morgan fingerprint density at radius 3 is 2.13 bits per heavy atom. The first kappa shape index (κ1) is 40.6. The average molecular weight is 674 g/mol. The lowest BCUT2D eigenvalue weighted by Gasteiger charge is -2.29. The first-order chi connectivity index (χ1) is 21.7. The first-order valence-electron chi connectivity index (χ1n) is 15.5. The van der Waals surface area contributed by atoms with Crippen molar-refractivity contribution in [2.75, 3.05) is 38.2 Å². The molecule has 0 saturated carbocycles. The van der Waals surface area contributed by atoms with Gasteiger partial charge in [-0.25, -0.2) is 4.79 Å². The maximum atomic E-state index is 13.4. The number of aliphatic carboxylic acids is 1. The predicted molar refractivity (Wildman–Crippen MR) is 171 cm³/mol. The molecule has 262 valence electrons. The van der Waals surface area contributed by atoms with Crippen molar-refractivity contribution in [3.8, 4) is 0 Å². The molecule has 1 rings (SSSR count). The quantitative estimate of drug-likeness (QED) is 0.0696. The number of nitrogens with two attached hydrogens (primary N) is 1. The number of aliphatic hydroxyl groups excluding tert-OH is 1. The molecule has 6 unspecified atom stereocenters. The van der Waals surface area contributed by atoms with Gasteiger partial charge in [0, 0.05) is 6.54 Å². The number of carboxylic acid groups (broad SMARTS) is 1. The van der Waals surface area contributed by atoms with Crippen LogP contribution in [0.15, 0.2) is 0 Å². The highest BCUT2D eigenvalue weighted by molar-refractivity contribution is 7.98. The van der Waals surface area contributed by atoms with Crippen molar-refractivity contribution in [1.82, 2.24) is 31.5 Å². The van der Waals surface area contributed by atoms with Crippen LogP contribution in [0.3, 0.4) is 0 Å². The molecule has 1 saturated heterocycles. The van der Waals surface area contributed by atoms with Crippen molar-refractivity contribution >= 4 is 53.2 Å². The van der Waals surface area contributed by atoms with Gasteiger partial charge in [0.25, 0.3) is 0 Å². The lowest BCUT2D eigenvalue weighted by atomic mass is 9.96. The fourth-order valence-electron chi connectivity index (χ4n) is 4.88. The normalized spacial score (nSPS) is 17.7. The van der Waals surface area contributed by atoms with Crippen LogP contribution in [0.5, 0.6) is 0 Å². The molecule has 46 heavy (non-hydrogen) atoms. The maximum absolute atomic E-state index is 13.4. The summed E-state index contributed by atoms with van der Waals surface area (Å²) in [4.78, 5) is 89.8. The van der Waals surface area contributed by atoms with Crippen molar-refractivity contribution in [3.63, 3.8) is 0 Å². The van der Waals surface area contributed by atoms with E-state index < -0.39 is 84.8 Å². The monoisotopic (exact) mass is 673 g/mol. The molecule has 6 amide bonds. The van der Waals surface area contributed by atoms with E-state index in [1.165, 1.54) is 16.7 Å². The summed E-state index contributed by atoms with van der Waals surface area (Å²) in [5, 5.41) is 31.7. The molecular weight excluding hydrogens is 622 g/mol. The van der Waals surface area contributed by atoms with Crippen molar-refractivity contribution in [2.24, 2.45) is 17.6 Å². The van der Waals surface area contributed by atoms with Gasteiger partial charge < -0.3 is 47.4 Å². The molecule has 9 N–H and O–H groups in total. The molecular formula is C29H51N7O9S. The molecule has 1 aliphatic heterocycles. The molecule has 0 aromatic heterocycles. The molecule has 1 aliphatic rings. The molecule has 6 atom stereocenters. The van der Waals surface area contributed by atoms with Gasteiger partial charge in [0.15, 0.2) is 0 Å². The predicted octanol–water partition coefficient (Wildman–Crippen LogP) is -2.09. The lowest BCUT2D eigenvalue weighted by molar-refractivity contribution is -0.142. The number of carbonyl (C=O) groups is 7. The van der Waals surface area contributed by atoms with Gasteiger partial charge in [-0.2, -0.15) is 11.8 Å². The van der Waals surface area contributed by atoms with Gasteiger partial charge in [-0.1, -0.05) is 34.1 Å². The molecule has 0 spiro atoms. The minimum absolute atomic E-state index is 0.0241. The third kappa shape index (κ3) is 13.1. The van der Waals surface area contributed by atoms with E-state index in [0.717, 1.165) is 0 Å². The standard InChI is InChI=1S/C29H51N7O9S/c1-6-17(4)24(27(42)34-19(12-16(2)3)25(40)33-18(29(44)45)9-11-46-5)35-23(39)14-31-26(41)21-8-7-10-36(21)28(43)20(15-37)32-22(38)13-30/h16-21,24,37H,6-15,30H2,1-5H3,(H,31,41)(H,32,38)(H,33,40)(H,34,42)(H,35,39)(H,44,45). The zero-order valence-corrected chi connectivity index (χ0v) is 28.1. The average Bonchev–Trinajstić information content (AvgIpc) is 3.51. The third-order valence-corrected chi connectivity index (χ3v) is 8.28. The number of rotatable bonds is 20. The van der Waals surface area contributed by atoms with Crippen LogP contribution in [-0.2, 0) is 33.6 Å². The molecule has 0 radical (unpaired) electrons. The van der Waals surface area contributed by atoms with Gasteiger partial charge in [-0.3, -0.25) is 28.8 Å². The molecule has 16 nitrogen and oxygen atoms in total. The molecule has 0 aromatic carbocycles. The van der Waals surface area contributed by atoms with Crippen LogP contribution in [0.4, 0.5) is 0 Å². The van der Waals surface area contributed by atoms with Gasteiger partial charge in [0.05, 0.1) is 19.7 Å². The smallest absolute Gasteiger partial charge is 0.326 e. The number of aliphatic hydroxyl groups is 1. The van der Waals surface area contributed by atoms with Gasteiger partial charge >= 0.3 is 5.97 Å². The topological polar surface area (TPSA) is 249 Å². The third-order valence-electron chi connectivity index (χ3n) is 7.64. The number of likely N-dealkylation sites (tertiary alicyclic amines) is 1. The summed E-state index contributed by atoms with van der Waals surface area (Å²) in [7, 11) is 0. The highest BCUT2D eigenvalue weighted by Gasteiger charge is 2.38. The van der Waals surface area contributed by atoms with Crippen molar-refractivity contribution in [2.45, 2.75) is 90.0 Å². The number of amides is 6. The van der Waals surface area contributed by atoms with E-state index in [2.05, 4.69) is 26.6 Å². The van der Waals surface area contributed by atoms with E-state index in [4.69, 9.17) is 5.73 Å². The molecule has 1 fully saturated rings. The van der Waals surface area contributed by atoms with Gasteiger partial charge in [-0.15, -0.1) is 0 Å². The summed E-state index contributed by atoms with van der Waals surface area (Å²) in [6.07, 6.45) is 3.55. The van der Waals surface area contributed by atoms with Crippen LogP contribution in [-0.4, -0.2) is 125 Å². The highest BCUT2D eigenvalue weighted by Crippen LogP contribution is 2.19. The largest absolute Gasteiger partial charge is 0.480 e. The lowest BCUT2D eigenvalue weighted by Crippen LogP contribution is -2.58. The van der Waals surface area contributed by atoms with Gasteiger partial charge in [0.2, 0.25) is 35.4 Å².